The molecule has 0 aliphatic carbocycles. The molecule has 1 N–H and O–H groups in total. The first-order valence-electron chi connectivity index (χ1n) is 8.38. The quantitative estimate of drug-likeness (QED) is 0.760. The third kappa shape index (κ3) is 3.43. The number of hydrogen-bond acceptors (Lipinski definition) is 6. The average Bonchev–Trinajstić information content (AvgIpc) is 3.41. The van der Waals surface area contributed by atoms with E-state index in [-0.39, 0.29) is 5.91 Å². The highest BCUT2D eigenvalue weighted by Crippen LogP contribution is 2.26. The van der Waals surface area contributed by atoms with Gasteiger partial charge >= 0.3 is 0 Å². The molecule has 4 rings (SSSR count). The summed E-state index contributed by atoms with van der Waals surface area (Å²) in [4.78, 5) is 14.7. The fraction of sp³-hybridized carbons (Fsp3) is 0.353. The van der Waals surface area contributed by atoms with Crippen LogP contribution in [0, 0.1) is 0 Å². The second-order valence-electron chi connectivity index (χ2n) is 5.94. The molecule has 3 aromatic heterocycles. The van der Waals surface area contributed by atoms with Crippen molar-refractivity contribution in [1.82, 2.24) is 20.1 Å². The largest absolute Gasteiger partial charge is 0.467 e. The third-order valence-electron chi connectivity index (χ3n) is 4.22. The molecule has 7 nitrogen and oxygen atoms in total. The van der Waals surface area contributed by atoms with Gasteiger partial charge in [0.2, 0.25) is 10.3 Å². The lowest BCUT2D eigenvalue weighted by Crippen LogP contribution is -2.29. The van der Waals surface area contributed by atoms with Gasteiger partial charge in [-0.2, -0.15) is 0 Å². The Morgan fingerprint density at radius 1 is 1.16 bits per heavy atom. The van der Waals surface area contributed by atoms with Crippen LogP contribution in [0.5, 0.6) is 0 Å². The molecule has 0 saturated carbocycles. The van der Waals surface area contributed by atoms with Crippen LogP contribution in [0.15, 0.2) is 41.1 Å². The molecule has 0 bridgehead atoms. The van der Waals surface area contributed by atoms with Crippen LogP contribution in [0.25, 0.3) is 5.13 Å². The zero-order valence-corrected chi connectivity index (χ0v) is 14.5. The van der Waals surface area contributed by atoms with Crippen molar-refractivity contribution < 1.29 is 9.21 Å². The van der Waals surface area contributed by atoms with Crippen molar-refractivity contribution >= 4 is 22.4 Å². The van der Waals surface area contributed by atoms with Crippen molar-refractivity contribution in [2.24, 2.45) is 0 Å². The fourth-order valence-corrected chi connectivity index (χ4v) is 3.82. The van der Waals surface area contributed by atoms with Crippen LogP contribution in [0.4, 0.5) is 5.13 Å². The zero-order chi connectivity index (χ0) is 17.1. The molecule has 0 aromatic carbocycles. The minimum atomic E-state index is -0.170. The van der Waals surface area contributed by atoms with Crippen molar-refractivity contribution in [1.29, 1.82) is 0 Å². The number of furan rings is 1. The molecule has 1 aliphatic heterocycles. The van der Waals surface area contributed by atoms with E-state index < -0.39 is 0 Å². The smallest absolute Gasteiger partial charge is 0.268 e. The Labute approximate surface area is 149 Å². The molecule has 1 aliphatic rings. The van der Waals surface area contributed by atoms with Crippen LogP contribution in [0.2, 0.25) is 0 Å². The first-order valence-corrected chi connectivity index (χ1v) is 9.20. The van der Waals surface area contributed by atoms with E-state index in [1.807, 2.05) is 18.3 Å². The van der Waals surface area contributed by atoms with E-state index in [4.69, 9.17) is 4.42 Å². The molecular formula is C17H19N5O2S. The van der Waals surface area contributed by atoms with Crippen molar-refractivity contribution in [3.63, 3.8) is 0 Å². The van der Waals surface area contributed by atoms with Crippen molar-refractivity contribution in [2.45, 2.75) is 25.8 Å². The van der Waals surface area contributed by atoms with E-state index in [2.05, 4.69) is 20.4 Å². The lowest BCUT2D eigenvalue weighted by Gasteiger charge is -2.25. The van der Waals surface area contributed by atoms with Gasteiger partial charge in [0.1, 0.15) is 11.5 Å². The van der Waals surface area contributed by atoms with Gasteiger partial charge in [0, 0.05) is 19.3 Å². The second-order valence-corrected chi connectivity index (χ2v) is 6.87. The van der Waals surface area contributed by atoms with Crippen LogP contribution >= 0.6 is 11.3 Å². The van der Waals surface area contributed by atoms with Crippen LogP contribution in [-0.4, -0.2) is 33.8 Å². The lowest BCUT2D eigenvalue weighted by molar-refractivity contribution is 0.0941. The second kappa shape index (κ2) is 7.10. The molecule has 8 heteroatoms. The van der Waals surface area contributed by atoms with Gasteiger partial charge in [-0.15, -0.1) is 10.2 Å². The van der Waals surface area contributed by atoms with E-state index in [9.17, 15) is 4.79 Å². The highest BCUT2D eigenvalue weighted by Gasteiger charge is 2.19. The number of nitrogens with one attached hydrogen (secondary N) is 1. The topological polar surface area (TPSA) is 76.2 Å². The monoisotopic (exact) mass is 357 g/mol. The Morgan fingerprint density at radius 2 is 2.00 bits per heavy atom. The number of rotatable bonds is 5. The summed E-state index contributed by atoms with van der Waals surface area (Å²) < 4.78 is 7.02. The van der Waals surface area contributed by atoms with E-state index in [1.165, 1.54) is 30.6 Å². The molecule has 0 radical (unpaired) electrons. The van der Waals surface area contributed by atoms with Gasteiger partial charge in [0.05, 0.1) is 12.8 Å². The standard InChI is InChI=1S/C17H19N5O2S/c23-15(18-12-13-6-5-11-24-13)14-7-4-10-22(14)17-20-19-16(25-17)21-8-2-1-3-9-21/h4-7,10-11H,1-3,8-9,12H2,(H,18,23). The van der Waals surface area contributed by atoms with E-state index in [0.29, 0.717) is 17.4 Å². The number of nitrogens with zero attached hydrogens (tertiary/aromatic N) is 4. The molecule has 3 aromatic rings. The fourth-order valence-electron chi connectivity index (χ4n) is 2.92. The molecule has 1 fully saturated rings. The minimum absolute atomic E-state index is 0.170. The number of piperidine rings is 1. The minimum Gasteiger partial charge on any atom is -0.467 e. The molecule has 0 atom stereocenters. The first-order chi connectivity index (χ1) is 12.3. The number of anilines is 1. The Balaban J connectivity index is 1.49. The normalized spacial score (nSPS) is 14.6. The van der Waals surface area contributed by atoms with Gasteiger partial charge in [0.25, 0.3) is 5.91 Å². The summed E-state index contributed by atoms with van der Waals surface area (Å²) in [6.07, 6.45) is 7.09. The predicted octanol–water partition coefficient (Wildman–Crippen LogP) is 2.84. The van der Waals surface area contributed by atoms with Crippen molar-refractivity contribution in [3.05, 3.63) is 48.2 Å². The summed E-state index contributed by atoms with van der Waals surface area (Å²) in [5, 5.41) is 13.1. The average molecular weight is 357 g/mol. The SMILES string of the molecule is O=C(NCc1ccco1)c1cccn1-c1nnc(N2CCCCC2)s1. The van der Waals surface area contributed by atoms with E-state index in [0.717, 1.165) is 24.0 Å². The van der Waals surface area contributed by atoms with Gasteiger partial charge in [-0.3, -0.25) is 9.36 Å². The maximum absolute atomic E-state index is 12.5. The predicted molar refractivity (Wildman–Crippen MR) is 95.2 cm³/mol. The first kappa shape index (κ1) is 15.9. The number of aromatic nitrogens is 3. The summed E-state index contributed by atoms with van der Waals surface area (Å²) >= 11 is 1.51. The summed E-state index contributed by atoms with van der Waals surface area (Å²) in [6, 6.07) is 7.24. The van der Waals surface area contributed by atoms with Crippen molar-refractivity contribution in [2.75, 3.05) is 18.0 Å². The number of hydrogen-bond donors (Lipinski definition) is 1. The third-order valence-corrected chi connectivity index (χ3v) is 5.20. The molecule has 130 valence electrons. The summed E-state index contributed by atoms with van der Waals surface area (Å²) in [5.74, 6) is 0.547. The van der Waals surface area contributed by atoms with Crippen LogP contribution in [0.3, 0.4) is 0 Å². The number of amides is 1. The molecular weight excluding hydrogens is 338 g/mol. The van der Waals surface area contributed by atoms with Crippen LogP contribution in [0.1, 0.15) is 35.5 Å². The molecule has 0 unspecified atom stereocenters. The summed E-state index contributed by atoms with van der Waals surface area (Å²) in [5.41, 5.74) is 0.535. The van der Waals surface area contributed by atoms with Gasteiger partial charge in [-0.05, 0) is 43.5 Å². The van der Waals surface area contributed by atoms with Gasteiger partial charge in [-0.25, -0.2) is 0 Å². The van der Waals surface area contributed by atoms with Gasteiger partial charge in [0.15, 0.2) is 0 Å². The highest BCUT2D eigenvalue weighted by atomic mass is 32.1. The zero-order valence-electron chi connectivity index (χ0n) is 13.7. The Bertz CT molecular complexity index is 833. The van der Waals surface area contributed by atoms with E-state index >= 15 is 0 Å². The molecule has 4 heterocycles. The van der Waals surface area contributed by atoms with Gasteiger partial charge < -0.3 is 14.6 Å². The van der Waals surface area contributed by atoms with Gasteiger partial charge in [-0.1, -0.05) is 11.3 Å². The number of carbonyl (C=O) groups excluding carboxylic acids is 1. The Hall–Kier alpha value is -2.61. The Morgan fingerprint density at radius 3 is 2.80 bits per heavy atom. The molecule has 1 amide bonds. The van der Waals surface area contributed by atoms with E-state index in [1.54, 1.807) is 23.0 Å². The molecule has 25 heavy (non-hydrogen) atoms. The van der Waals surface area contributed by atoms with Crippen molar-refractivity contribution in [3.8, 4) is 5.13 Å². The maximum Gasteiger partial charge on any atom is 0.268 e. The highest BCUT2D eigenvalue weighted by molar-refractivity contribution is 7.17. The summed E-state index contributed by atoms with van der Waals surface area (Å²) in [6.45, 7) is 2.40. The molecule has 1 saturated heterocycles. The molecule has 0 spiro atoms. The maximum atomic E-state index is 12.5. The lowest BCUT2D eigenvalue weighted by atomic mass is 10.1. The summed E-state index contributed by atoms with van der Waals surface area (Å²) in [7, 11) is 0. The number of carbonyl (C=O) groups is 1. The Kier molecular flexibility index (Phi) is 4.51. The van der Waals surface area contributed by atoms with Crippen LogP contribution in [-0.2, 0) is 6.54 Å². The van der Waals surface area contributed by atoms with Crippen LogP contribution < -0.4 is 10.2 Å².